The molecule has 3 aromatic carbocycles. The lowest BCUT2D eigenvalue weighted by Gasteiger charge is -2.15. The predicted octanol–water partition coefficient (Wildman–Crippen LogP) is 6.17. The number of ether oxygens (including phenoxy) is 6. The van der Waals surface area contributed by atoms with Crippen LogP contribution in [-0.2, 0) is 29.8 Å². The number of benzene rings is 3. The van der Waals surface area contributed by atoms with Crippen LogP contribution in [0.2, 0.25) is 0 Å². The molecule has 0 heterocycles. The van der Waals surface area contributed by atoms with Crippen molar-refractivity contribution in [3.63, 3.8) is 0 Å². The minimum atomic E-state index is -6.00. The van der Waals surface area contributed by atoms with Crippen LogP contribution in [0.25, 0.3) is 0 Å². The van der Waals surface area contributed by atoms with Gasteiger partial charge in [-0.05, 0) is 36.4 Å². The first-order valence-electron chi connectivity index (χ1n) is 12.6. The molecule has 0 spiro atoms. The molecular weight excluding hydrogens is 551 g/mol. The lowest BCUT2D eigenvalue weighted by Crippen LogP contribution is -2.14. The fraction of sp³-hybridized carbons (Fsp3) is 0.357. The molecule has 0 aromatic heterocycles. The Morgan fingerprint density at radius 1 is 0.525 bits per heavy atom. The summed E-state index contributed by atoms with van der Waals surface area (Å²) in [4.78, 5) is 3.39. The van der Waals surface area contributed by atoms with Crippen molar-refractivity contribution in [3.05, 3.63) is 78.9 Å². The third kappa shape index (κ3) is 13.5. The summed E-state index contributed by atoms with van der Waals surface area (Å²) in [6.45, 7) is 4.17. The van der Waals surface area contributed by atoms with E-state index in [0.717, 1.165) is 21.3 Å². The molecule has 0 saturated heterocycles. The largest absolute Gasteiger partial charge is 0.673 e. The topological polar surface area (TPSA) is 55.4 Å². The molecular formula is C28H35BF4O6S. The van der Waals surface area contributed by atoms with Crippen LogP contribution in [0.1, 0.15) is 0 Å². The maximum atomic E-state index is 9.75. The molecule has 3 aromatic rings. The maximum absolute atomic E-state index is 9.75. The van der Waals surface area contributed by atoms with E-state index in [0.29, 0.717) is 52.9 Å². The highest BCUT2D eigenvalue weighted by molar-refractivity contribution is 7.97. The first-order chi connectivity index (χ1) is 19.3. The molecule has 0 radical (unpaired) electrons. The Balaban J connectivity index is 0.00000103. The highest BCUT2D eigenvalue weighted by Gasteiger charge is 2.34. The van der Waals surface area contributed by atoms with Gasteiger partial charge in [0.2, 0.25) is 9.79 Å². The lowest BCUT2D eigenvalue weighted by atomic mass is 10.3. The van der Waals surface area contributed by atoms with Crippen molar-refractivity contribution in [3.8, 4) is 11.5 Å². The monoisotopic (exact) mass is 586 g/mol. The van der Waals surface area contributed by atoms with Gasteiger partial charge in [0.05, 0.1) is 39.6 Å². The zero-order valence-corrected chi connectivity index (χ0v) is 23.4. The zero-order chi connectivity index (χ0) is 29.1. The molecule has 0 N–H and O–H groups in total. The summed E-state index contributed by atoms with van der Waals surface area (Å²) in [5.74, 6) is 1.68. The normalized spacial score (nSPS) is 11.2. The van der Waals surface area contributed by atoms with Crippen LogP contribution in [-0.4, -0.2) is 74.3 Å². The van der Waals surface area contributed by atoms with Gasteiger partial charge in [0.15, 0.2) is 16.4 Å². The van der Waals surface area contributed by atoms with E-state index >= 15 is 0 Å². The number of methoxy groups -OCH3 is 2. The second-order valence-corrected chi connectivity index (χ2v) is 9.88. The molecule has 40 heavy (non-hydrogen) atoms. The first kappa shape index (κ1) is 33.4. The van der Waals surface area contributed by atoms with Crippen LogP contribution in [0.4, 0.5) is 17.3 Å². The van der Waals surface area contributed by atoms with E-state index in [-0.39, 0.29) is 0 Å². The van der Waals surface area contributed by atoms with Gasteiger partial charge < -0.3 is 45.7 Å². The van der Waals surface area contributed by atoms with E-state index < -0.39 is 18.1 Å². The maximum Gasteiger partial charge on any atom is 0.673 e. The highest BCUT2D eigenvalue weighted by Crippen LogP contribution is 2.40. The quantitative estimate of drug-likeness (QED) is 0.0817. The van der Waals surface area contributed by atoms with Gasteiger partial charge in [0.25, 0.3) is 0 Å². The molecule has 0 aliphatic rings. The second-order valence-electron chi connectivity index (χ2n) is 7.91. The SMILES string of the molecule is COCCOCCOc1ccccc1[S+](c1ccccc1)c1ccccc1OCCOCCOC.F[B-](F)(F)F. The van der Waals surface area contributed by atoms with E-state index in [9.17, 15) is 17.3 Å². The van der Waals surface area contributed by atoms with Gasteiger partial charge in [-0.2, -0.15) is 0 Å². The van der Waals surface area contributed by atoms with Gasteiger partial charge in [-0.25, -0.2) is 0 Å². The van der Waals surface area contributed by atoms with Crippen molar-refractivity contribution in [2.24, 2.45) is 0 Å². The fourth-order valence-electron chi connectivity index (χ4n) is 3.31. The van der Waals surface area contributed by atoms with Gasteiger partial charge in [0, 0.05) is 14.2 Å². The zero-order valence-electron chi connectivity index (χ0n) is 22.6. The molecule has 0 bridgehead atoms. The average Bonchev–Trinajstić information content (AvgIpc) is 2.94. The van der Waals surface area contributed by atoms with Crippen LogP contribution >= 0.6 is 0 Å². The van der Waals surface area contributed by atoms with Crippen LogP contribution < -0.4 is 9.47 Å². The Labute approximate surface area is 235 Å². The summed E-state index contributed by atoms with van der Waals surface area (Å²) < 4.78 is 72.6. The van der Waals surface area contributed by atoms with Crippen molar-refractivity contribution >= 4 is 18.1 Å². The Morgan fingerprint density at radius 3 is 1.32 bits per heavy atom. The number of rotatable bonds is 17. The fourth-order valence-corrected chi connectivity index (χ4v) is 5.57. The summed E-state index contributed by atoms with van der Waals surface area (Å²) in [5.41, 5.74) is 0. The van der Waals surface area contributed by atoms with Crippen molar-refractivity contribution in [1.82, 2.24) is 0 Å². The molecule has 220 valence electrons. The average molecular weight is 586 g/mol. The predicted molar refractivity (Wildman–Crippen MR) is 148 cm³/mol. The standard InChI is InChI=1S/C28H35O6S.BF4/c1-29-16-18-31-20-22-33-25-12-6-8-14-27(25)35(24-10-4-3-5-11-24)28-15-9-7-13-26(28)34-23-21-32-19-17-30-2;2-1(3,4)5/h3-15H,16-23H2,1-2H3;/q+1;-1. The first-order valence-corrected chi connectivity index (χ1v) is 13.8. The lowest BCUT2D eigenvalue weighted by molar-refractivity contribution is 0.0538. The number of para-hydroxylation sites is 2. The molecule has 0 unspecified atom stereocenters. The summed E-state index contributed by atoms with van der Waals surface area (Å²) in [6.07, 6.45) is 0. The van der Waals surface area contributed by atoms with Gasteiger partial charge >= 0.3 is 7.25 Å². The summed E-state index contributed by atoms with van der Waals surface area (Å²) in [5, 5.41) is 0. The third-order valence-electron chi connectivity index (χ3n) is 4.95. The second kappa shape index (κ2) is 19.3. The Bertz CT molecular complexity index is 1010. The van der Waals surface area contributed by atoms with Crippen LogP contribution in [0.5, 0.6) is 11.5 Å². The smallest absolute Gasteiger partial charge is 0.486 e. The van der Waals surface area contributed by atoms with Gasteiger partial charge in [-0.1, -0.05) is 42.5 Å². The number of halogens is 4. The molecule has 0 amide bonds. The van der Waals surface area contributed by atoms with Crippen molar-refractivity contribution in [2.75, 3.05) is 67.1 Å². The molecule has 0 atom stereocenters. The van der Waals surface area contributed by atoms with Crippen molar-refractivity contribution in [2.45, 2.75) is 14.7 Å². The Kier molecular flexibility index (Phi) is 16.2. The van der Waals surface area contributed by atoms with Crippen LogP contribution in [0, 0.1) is 0 Å². The van der Waals surface area contributed by atoms with Gasteiger partial charge in [-0.3, -0.25) is 0 Å². The molecule has 0 fully saturated rings. The molecule has 0 saturated carbocycles. The molecule has 12 heteroatoms. The highest BCUT2D eigenvalue weighted by atomic mass is 32.2. The van der Waals surface area contributed by atoms with E-state index in [1.165, 1.54) is 4.90 Å². The van der Waals surface area contributed by atoms with Gasteiger partial charge in [0.1, 0.15) is 24.1 Å². The van der Waals surface area contributed by atoms with E-state index in [2.05, 4.69) is 36.4 Å². The Hall–Kier alpha value is -2.77. The molecule has 0 aliphatic carbocycles. The summed E-state index contributed by atoms with van der Waals surface area (Å²) >= 11 is 0. The summed E-state index contributed by atoms with van der Waals surface area (Å²) in [6, 6.07) is 26.8. The van der Waals surface area contributed by atoms with E-state index in [4.69, 9.17) is 28.4 Å². The molecule has 3 rings (SSSR count). The van der Waals surface area contributed by atoms with Gasteiger partial charge in [-0.15, -0.1) is 0 Å². The van der Waals surface area contributed by atoms with E-state index in [1.807, 2.05) is 42.5 Å². The van der Waals surface area contributed by atoms with Crippen LogP contribution in [0.15, 0.2) is 93.5 Å². The number of hydrogen-bond acceptors (Lipinski definition) is 6. The van der Waals surface area contributed by atoms with Crippen molar-refractivity contribution in [1.29, 1.82) is 0 Å². The Morgan fingerprint density at radius 2 is 0.900 bits per heavy atom. The third-order valence-corrected chi connectivity index (χ3v) is 7.25. The minimum Gasteiger partial charge on any atom is -0.486 e. The number of hydrogen-bond donors (Lipinski definition) is 0. The molecule has 0 aliphatic heterocycles. The molecule has 6 nitrogen and oxygen atoms in total. The van der Waals surface area contributed by atoms with Crippen LogP contribution in [0.3, 0.4) is 0 Å². The van der Waals surface area contributed by atoms with E-state index in [1.54, 1.807) is 14.2 Å². The minimum absolute atomic E-state index is 0.430. The summed E-state index contributed by atoms with van der Waals surface area (Å²) in [7, 11) is -3.10. The van der Waals surface area contributed by atoms with Crippen molar-refractivity contribution < 1.29 is 45.7 Å².